The Morgan fingerprint density at radius 1 is 0.548 bits per heavy atom. The van der Waals surface area contributed by atoms with Gasteiger partial charge < -0.3 is 41.5 Å². The number of carboxylic acids is 1. The summed E-state index contributed by atoms with van der Waals surface area (Å²) in [5.41, 5.74) is 4.48. The Bertz CT molecular complexity index is 3170. The average Bonchev–Trinajstić information content (AvgIpc) is 1.72. The van der Waals surface area contributed by atoms with Crippen LogP contribution in [0.4, 0.5) is 0 Å². The predicted octanol–water partition coefficient (Wildman–Crippen LogP) is 6.60. The molecule has 16 atom stereocenters. The summed E-state index contributed by atoms with van der Waals surface area (Å²) in [6, 6.07) is 17.5. The maximum Gasteiger partial charge on any atom is 1.00 e. The fourth-order valence-corrected chi connectivity index (χ4v) is 18.0. The number of ketones is 2. The maximum absolute atomic E-state index is 11.6. The normalized spacial score (nSPS) is 35.8. The third kappa shape index (κ3) is 11.6. The summed E-state index contributed by atoms with van der Waals surface area (Å²) in [6.07, 6.45) is 33.4. The zero-order valence-corrected chi connectivity index (χ0v) is 52.0. The fraction of sp³-hybridized carbons (Fsp3) is 0.580. The van der Waals surface area contributed by atoms with Crippen LogP contribution in [0.15, 0.2) is 54.6 Å². The molecule has 15 heteroatoms. The number of ether oxygens (including phenoxy) is 2. The Balaban J connectivity index is 0.000000192. The van der Waals surface area contributed by atoms with Crippen molar-refractivity contribution >= 4 is 37.9 Å². The van der Waals surface area contributed by atoms with Crippen LogP contribution in [0.5, 0.6) is 17.2 Å². The van der Waals surface area contributed by atoms with Crippen LogP contribution in [0.3, 0.4) is 0 Å². The number of aromatic hydroxyl groups is 1. The van der Waals surface area contributed by atoms with Crippen molar-refractivity contribution in [3.8, 4) is 54.3 Å². The molecule has 0 saturated heterocycles. The number of phenols is 1. The van der Waals surface area contributed by atoms with E-state index in [-0.39, 0.29) is 55.6 Å². The van der Waals surface area contributed by atoms with Crippen molar-refractivity contribution in [3.63, 3.8) is 0 Å². The molecule has 9 aliphatic carbocycles. The first-order valence-electron chi connectivity index (χ1n) is 29.7. The van der Waals surface area contributed by atoms with E-state index in [1.807, 2.05) is 30.3 Å². The first kappa shape index (κ1) is 66.3. The zero-order chi connectivity index (χ0) is 59.5. The van der Waals surface area contributed by atoms with Gasteiger partial charge in [0, 0.05) is 38.5 Å². The predicted molar refractivity (Wildman–Crippen MR) is 315 cm³/mol. The minimum Gasteiger partial charge on any atom is -1.00 e. The van der Waals surface area contributed by atoms with Gasteiger partial charge >= 0.3 is 47.5 Å². The Kier molecular flexibility index (Phi) is 19.9. The third-order valence-electron chi connectivity index (χ3n) is 22.6. The van der Waals surface area contributed by atoms with Gasteiger partial charge in [-0.3, -0.25) is 9.59 Å². The van der Waals surface area contributed by atoms with Gasteiger partial charge in [0.1, 0.15) is 40.2 Å². The van der Waals surface area contributed by atoms with Gasteiger partial charge in [0.2, 0.25) is 11.6 Å². The first-order chi connectivity index (χ1) is 38.7. The smallest absolute Gasteiger partial charge is 1.00 e. The van der Waals surface area contributed by atoms with E-state index < -0.39 is 52.4 Å². The second-order valence-electron chi connectivity index (χ2n) is 26.3. The first-order valence-corrected chi connectivity index (χ1v) is 29.7. The number of phenolic OH excluding ortho intramolecular Hbond substituents is 1. The molecule has 0 aliphatic heterocycles. The van der Waals surface area contributed by atoms with Gasteiger partial charge in [-0.05, 0) is 246 Å². The van der Waals surface area contributed by atoms with Gasteiger partial charge in [-0.15, -0.1) is 19.3 Å². The minimum atomic E-state index is -1.38. The van der Waals surface area contributed by atoms with E-state index in [2.05, 4.69) is 56.7 Å². The number of aryl methyl sites for hydroxylation is 3. The molecule has 6 N–H and O–H groups in total. The van der Waals surface area contributed by atoms with Crippen molar-refractivity contribution in [3.05, 3.63) is 88.0 Å². The molecule has 12 rings (SSSR count). The van der Waals surface area contributed by atoms with Crippen molar-refractivity contribution in [1.29, 1.82) is 0 Å². The molecule has 0 amide bonds. The quantitative estimate of drug-likeness (QED) is 0.0522. The number of esters is 2. The second kappa shape index (κ2) is 25.3. The minimum absolute atomic E-state index is 0. The van der Waals surface area contributed by atoms with Gasteiger partial charge in [0.25, 0.3) is 0 Å². The van der Waals surface area contributed by atoms with Crippen molar-refractivity contribution in [2.45, 2.75) is 198 Å². The van der Waals surface area contributed by atoms with Crippen LogP contribution in [0.25, 0.3) is 0 Å². The average molecular weight is 1150 g/mol. The summed E-state index contributed by atoms with van der Waals surface area (Å²) >= 11 is 0. The van der Waals surface area contributed by atoms with Gasteiger partial charge in [0.15, 0.2) is 0 Å². The molecule has 0 heterocycles. The Labute approximate surface area is 521 Å². The number of fused-ring (bicyclic) bond motifs is 15. The molecule has 10 unspecified atom stereocenters. The van der Waals surface area contributed by atoms with Gasteiger partial charge in [-0.2, -0.15) is 0 Å². The van der Waals surface area contributed by atoms with Crippen LogP contribution >= 0.6 is 0 Å². The number of carboxylic acid groups (broad SMARTS) is 1. The Morgan fingerprint density at radius 3 is 1.20 bits per heavy atom. The van der Waals surface area contributed by atoms with Gasteiger partial charge in [0.05, 0.1) is 0 Å². The van der Waals surface area contributed by atoms with Crippen LogP contribution in [0.1, 0.15) is 190 Å². The molecule has 6 fully saturated rings. The van der Waals surface area contributed by atoms with E-state index >= 15 is 0 Å². The van der Waals surface area contributed by atoms with E-state index in [4.69, 9.17) is 33.9 Å². The fourth-order valence-electron chi connectivity index (χ4n) is 18.0. The summed E-state index contributed by atoms with van der Waals surface area (Å²) in [5, 5.41) is 59.6. The molecule has 3 aromatic rings. The molecule has 0 aromatic heterocycles. The number of terminal acetylenes is 3. The number of rotatable bonds is 5. The molecule has 13 nitrogen and oxygen atoms in total. The molecule has 3 radical (unpaired) electrons. The molecule has 6 saturated carbocycles. The molecule has 0 spiro atoms. The number of hydrogen-bond donors (Lipinski definition) is 6. The number of Topliss-reactive ketones (excluding diaryl/α,β-unsaturated/α-hetero) is 2. The van der Waals surface area contributed by atoms with E-state index in [1.165, 1.54) is 47.2 Å². The number of aliphatic carboxylic acids is 1. The standard InChI is InChI=1S/C23H28O4.C23H26O4.C20H24O2.C3H4O3.B.Na.H/c2*1-4-23(26)12-10-20-19-7-5-15-13-16(27-21(25)14(2)24)6-8-17(15)18(19)9-11-22(20,23)3;1-3-20(22)11-9-18-17-6-4-13-12-14(21)5-7-15(13)16(17)8-10-19(18,20)2;1-2(4)3(5)6;;;/h1,6,8,13-14,18-20,24,26H,5,7,9-12H2,2-3H3;1,6,8,13,18-20,26H,5,7,9-12H2,2-3H3;1,5,7,12,16-18,21-22H,4,6,8-11H2,2H3;1H3,(H,5,6);;;/q;;;;;+1;-1/t14?,18?,19?,20?,22-,23-;18?,19?,20?,22-,23-;16?,17?,18?,19-,20-;;;;/m000..../s1. The number of carbonyl (C=O) groups is 5. The van der Waals surface area contributed by atoms with Gasteiger partial charge in [-0.1, -0.05) is 56.7 Å². The topological polar surface area (TPSA) is 225 Å². The molecule has 3 aromatic carbocycles. The molecule has 84 heavy (non-hydrogen) atoms. The monoisotopic (exact) mass is 1150 g/mol. The van der Waals surface area contributed by atoms with Crippen molar-refractivity contribution in [1.82, 2.24) is 0 Å². The Morgan fingerprint density at radius 2 is 0.881 bits per heavy atom. The van der Waals surface area contributed by atoms with E-state index in [9.17, 15) is 49.5 Å². The number of hydrogen-bond acceptors (Lipinski definition) is 12. The molecule has 9 aliphatic rings. The van der Waals surface area contributed by atoms with Gasteiger partial charge in [-0.25, -0.2) is 14.4 Å². The summed E-state index contributed by atoms with van der Waals surface area (Å²) in [7, 11) is 0. The largest absolute Gasteiger partial charge is 1.00 e. The van der Waals surface area contributed by atoms with Crippen LogP contribution in [-0.2, 0) is 43.2 Å². The molecular formula is C69H83BNaO13. The molecule has 0 bridgehead atoms. The number of benzene rings is 3. The maximum atomic E-state index is 11.6. The van der Waals surface area contributed by atoms with Crippen molar-refractivity contribution in [2.24, 2.45) is 51.8 Å². The summed E-state index contributed by atoms with van der Waals surface area (Å²) in [6.45, 7) is 10.2. The van der Waals surface area contributed by atoms with Crippen molar-refractivity contribution < 1.29 is 95.1 Å². The van der Waals surface area contributed by atoms with Crippen LogP contribution in [-0.4, -0.2) is 91.4 Å². The summed E-state index contributed by atoms with van der Waals surface area (Å²) < 4.78 is 10.4. The summed E-state index contributed by atoms with van der Waals surface area (Å²) in [5.74, 6) is 9.86. The SMILES string of the molecule is C#C[C@]1(O)CCC2C3CCc4cc(O)ccc4C3CC[C@@]21C.C#C[C@]1(O)CCC2C3CCc4cc(OC(=O)C(C)=O)ccc4C3CC[C@@]21C.C#C[C@]1(O)CCC2C3CCc4cc(OC(=O)C(C)O)ccc4C3CC[C@@]21C.CC(=O)C(=O)O.[B].[H-].[Na+]. The third-order valence-corrected chi connectivity index (χ3v) is 22.6. The van der Waals surface area contributed by atoms with Crippen molar-refractivity contribution in [2.75, 3.05) is 0 Å². The zero-order valence-electron chi connectivity index (χ0n) is 51.0. The van der Waals surface area contributed by atoms with E-state index in [0.717, 1.165) is 110 Å². The number of aliphatic hydroxyl groups excluding tert-OH is 1. The molecular weight excluding hydrogens is 1070 g/mol. The van der Waals surface area contributed by atoms with Crippen LogP contribution in [0, 0.1) is 88.8 Å². The summed E-state index contributed by atoms with van der Waals surface area (Å²) in [4.78, 5) is 53.2. The molecule has 441 valence electrons. The number of aliphatic hydroxyl groups is 4. The number of carbonyl (C=O) groups excluding carboxylic acids is 4. The Hall–Kier alpha value is -5.21. The van der Waals surface area contributed by atoms with E-state index in [0.29, 0.717) is 83.4 Å². The second-order valence-corrected chi connectivity index (χ2v) is 26.3. The van der Waals surface area contributed by atoms with Crippen LogP contribution < -0.4 is 39.0 Å². The van der Waals surface area contributed by atoms with Crippen LogP contribution in [0.2, 0.25) is 0 Å². The van der Waals surface area contributed by atoms with E-state index in [1.54, 1.807) is 6.07 Å².